The number of phenolic OH excluding ortho intramolecular Hbond substituents is 1. The van der Waals surface area contributed by atoms with Crippen molar-refractivity contribution in [2.75, 3.05) is 12.4 Å². The number of hydrazone groups is 1. The Hall–Kier alpha value is -3.79. The maximum absolute atomic E-state index is 11.9. The van der Waals surface area contributed by atoms with E-state index in [1.54, 1.807) is 18.2 Å². The Bertz CT molecular complexity index is 1020. The number of nitrogens with zero attached hydrogens (tertiary/aromatic N) is 3. The van der Waals surface area contributed by atoms with Crippen molar-refractivity contribution in [1.29, 1.82) is 0 Å². The van der Waals surface area contributed by atoms with Crippen LogP contribution in [-0.4, -0.2) is 40.4 Å². The first-order valence-corrected chi connectivity index (χ1v) is 8.79. The lowest BCUT2D eigenvalue weighted by Gasteiger charge is -2.04. The van der Waals surface area contributed by atoms with E-state index >= 15 is 0 Å². The van der Waals surface area contributed by atoms with Gasteiger partial charge in [-0.15, -0.1) is 10.2 Å². The van der Waals surface area contributed by atoms with E-state index in [9.17, 15) is 14.7 Å². The molecular weight excluding hydrogens is 382 g/mol. The van der Waals surface area contributed by atoms with Gasteiger partial charge in [-0.25, -0.2) is 5.43 Å². The number of phenols is 1. The van der Waals surface area contributed by atoms with Crippen molar-refractivity contribution in [3.05, 3.63) is 54.1 Å². The molecule has 28 heavy (non-hydrogen) atoms. The lowest BCUT2D eigenvalue weighted by molar-refractivity contribution is -0.136. The van der Waals surface area contributed by atoms with Crippen molar-refractivity contribution < 1.29 is 19.4 Å². The number of aromatic hydroxyl groups is 1. The maximum atomic E-state index is 11.9. The van der Waals surface area contributed by atoms with E-state index in [4.69, 9.17) is 4.74 Å². The summed E-state index contributed by atoms with van der Waals surface area (Å²) >= 11 is 1.14. The number of amides is 2. The predicted molar refractivity (Wildman–Crippen MR) is 104 cm³/mol. The molecule has 0 aliphatic rings. The van der Waals surface area contributed by atoms with Gasteiger partial charge in [-0.1, -0.05) is 47.7 Å². The number of carbonyl (C=O) groups is 2. The molecule has 2 aromatic carbocycles. The molecule has 0 aliphatic heterocycles. The Kier molecular flexibility index (Phi) is 5.92. The highest BCUT2D eigenvalue weighted by molar-refractivity contribution is 7.18. The summed E-state index contributed by atoms with van der Waals surface area (Å²) in [6, 6.07) is 14.1. The number of carbonyl (C=O) groups excluding carboxylic acids is 2. The maximum Gasteiger partial charge on any atom is 0.329 e. The van der Waals surface area contributed by atoms with Crippen LogP contribution in [0.5, 0.6) is 11.5 Å². The number of benzene rings is 2. The summed E-state index contributed by atoms with van der Waals surface area (Å²) in [5.74, 6) is -1.80. The van der Waals surface area contributed by atoms with Crippen molar-refractivity contribution in [1.82, 2.24) is 15.6 Å². The molecule has 9 nitrogen and oxygen atoms in total. The first kappa shape index (κ1) is 19.0. The Balaban J connectivity index is 1.58. The van der Waals surface area contributed by atoms with Crippen LogP contribution < -0.4 is 15.5 Å². The van der Waals surface area contributed by atoms with Crippen LogP contribution in [0.2, 0.25) is 0 Å². The molecule has 1 heterocycles. The number of para-hydroxylation sites is 1. The molecule has 0 unspecified atom stereocenters. The molecule has 3 rings (SSSR count). The highest BCUT2D eigenvalue weighted by atomic mass is 32.1. The lowest BCUT2D eigenvalue weighted by atomic mass is 10.2. The molecule has 0 atom stereocenters. The third-order valence-corrected chi connectivity index (χ3v) is 4.38. The average Bonchev–Trinajstić information content (AvgIpc) is 3.18. The zero-order chi connectivity index (χ0) is 19.9. The van der Waals surface area contributed by atoms with E-state index in [-0.39, 0.29) is 16.6 Å². The van der Waals surface area contributed by atoms with Crippen LogP contribution in [-0.2, 0) is 9.59 Å². The van der Waals surface area contributed by atoms with Gasteiger partial charge in [0.2, 0.25) is 5.13 Å². The first-order valence-electron chi connectivity index (χ1n) is 7.97. The minimum absolute atomic E-state index is 0.130. The number of hydrogen-bond acceptors (Lipinski definition) is 8. The second kappa shape index (κ2) is 8.73. The van der Waals surface area contributed by atoms with Crippen molar-refractivity contribution >= 4 is 34.5 Å². The van der Waals surface area contributed by atoms with Gasteiger partial charge in [-0.3, -0.25) is 14.9 Å². The van der Waals surface area contributed by atoms with Gasteiger partial charge in [0.25, 0.3) is 0 Å². The number of anilines is 1. The van der Waals surface area contributed by atoms with Crippen molar-refractivity contribution in [3.63, 3.8) is 0 Å². The second-order valence-electron chi connectivity index (χ2n) is 5.33. The second-order valence-corrected chi connectivity index (χ2v) is 6.31. The van der Waals surface area contributed by atoms with Gasteiger partial charge in [0.15, 0.2) is 11.5 Å². The minimum atomic E-state index is -0.991. The Morgan fingerprint density at radius 2 is 1.89 bits per heavy atom. The molecule has 3 N–H and O–H groups in total. The van der Waals surface area contributed by atoms with Gasteiger partial charge in [-0.2, -0.15) is 5.10 Å². The SMILES string of the molecule is COc1cccc(C=NNC(=O)C(=O)Nc2nnc(-c3ccccc3)s2)c1O. The highest BCUT2D eigenvalue weighted by Crippen LogP contribution is 2.28. The van der Waals surface area contributed by atoms with Crippen molar-refractivity contribution in [3.8, 4) is 22.1 Å². The molecular formula is C18H15N5O4S. The molecule has 0 bridgehead atoms. The smallest absolute Gasteiger partial charge is 0.329 e. The van der Waals surface area contributed by atoms with Crippen LogP contribution in [0.1, 0.15) is 5.56 Å². The normalized spacial score (nSPS) is 10.6. The van der Waals surface area contributed by atoms with Gasteiger partial charge >= 0.3 is 11.8 Å². The van der Waals surface area contributed by atoms with Crippen LogP contribution in [0.15, 0.2) is 53.6 Å². The molecule has 0 radical (unpaired) electrons. The van der Waals surface area contributed by atoms with Crippen LogP contribution in [0.3, 0.4) is 0 Å². The number of ether oxygens (including phenoxy) is 1. The predicted octanol–water partition coefficient (Wildman–Crippen LogP) is 2.01. The molecule has 0 spiro atoms. The number of hydrogen-bond donors (Lipinski definition) is 3. The van der Waals surface area contributed by atoms with Crippen LogP contribution in [0.4, 0.5) is 5.13 Å². The van der Waals surface area contributed by atoms with Crippen molar-refractivity contribution in [2.24, 2.45) is 5.10 Å². The lowest BCUT2D eigenvalue weighted by Crippen LogP contribution is -2.32. The van der Waals surface area contributed by atoms with Gasteiger partial charge in [0.1, 0.15) is 5.01 Å². The fraction of sp³-hybridized carbons (Fsp3) is 0.0556. The van der Waals surface area contributed by atoms with E-state index < -0.39 is 11.8 Å². The fourth-order valence-electron chi connectivity index (χ4n) is 2.14. The summed E-state index contributed by atoms with van der Waals surface area (Å²) in [7, 11) is 1.42. The molecule has 10 heteroatoms. The fourth-order valence-corrected chi connectivity index (χ4v) is 2.89. The molecule has 0 saturated carbocycles. The van der Waals surface area contributed by atoms with E-state index in [1.807, 2.05) is 30.3 Å². The zero-order valence-electron chi connectivity index (χ0n) is 14.6. The van der Waals surface area contributed by atoms with Gasteiger partial charge in [0, 0.05) is 11.1 Å². The Morgan fingerprint density at radius 1 is 1.11 bits per heavy atom. The van der Waals surface area contributed by atoms with Gasteiger partial charge in [0.05, 0.1) is 13.3 Å². The molecule has 0 fully saturated rings. The van der Waals surface area contributed by atoms with Crippen LogP contribution >= 0.6 is 11.3 Å². The standard InChI is InChI=1S/C18H15N5O4S/c1-27-13-9-5-8-12(14(13)24)10-19-21-16(26)15(25)20-18-23-22-17(28-18)11-6-3-2-4-7-11/h2-10,24H,1H3,(H,21,26)(H,20,23,25). The molecule has 0 saturated heterocycles. The van der Waals surface area contributed by atoms with E-state index in [2.05, 4.69) is 26.0 Å². The first-order chi connectivity index (χ1) is 13.6. The summed E-state index contributed by atoms with van der Waals surface area (Å²) in [5, 5.41) is 24.6. The third kappa shape index (κ3) is 4.48. The summed E-state index contributed by atoms with van der Waals surface area (Å²) in [6.07, 6.45) is 1.20. The number of aromatic nitrogens is 2. The van der Waals surface area contributed by atoms with Gasteiger partial charge < -0.3 is 9.84 Å². The molecule has 2 amide bonds. The van der Waals surface area contributed by atoms with Crippen LogP contribution in [0.25, 0.3) is 10.6 Å². The number of rotatable bonds is 5. The summed E-state index contributed by atoms with van der Waals surface area (Å²) in [4.78, 5) is 23.8. The van der Waals surface area contributed by atoms with Crippen molar-refractivity contribution in [2.45, 2.75) is 0 Å². The quantitative estimate of drug-likeness (QED) is 0.343. The summed E-state index contributed by atoms with van der Waals surface area (Å²) < 4.78 is 4.98. The minimum Gasteiger partial charge on any atom is -0.504 e. The molecule has 0 aliphatic carbocycles. The van der Waals surface area contributed by atoms with Gasteiger partial charge in [-0.05, 0) is 12.1 Å². The van der Waals surface area contributed by atoms with E-state index in [0.717, 1.165) is 16.9 Å². The number of nitrogens with one attached hydrogen (secondary N) is 2. The van der Waals surface area contributed by atoms with E-state index in [1.165, 1.54) is 13.3 Å². The Morgan fingerprint density at radius 3 is 2.64 bits per heavy atom. The topological polar surface area (TPSA) is 126 Å². The summed E-state index contributed by atoms with van der Waals surface area (Å²) in [6.45, 7) is 0. The number of methoxy groups -OCH3 is 1. The Labute approximate surface area is 163 Å². The highest BCUT2D eigenvalue weighted by Gasteiger charge is 2.16. The molecule has 3 aromatic rings. The third-order valence-electron chi connectivity index (χ3n) is 3.49. The average molecular weight is 397 g/mol. The van der Waals surface area contributed by atoms with E-state index in [0.29, 0.717) is 10.6 Å². The summed E-state index contributed by atoms with van der Waals surface area (Å²) in [5.41, 5.74) is 3.25. The largest absolute Gasteiger partial charge is 0.504 e. The monoisotopic (exact) mass is 397 g/mol. The zero-order valence-corrected chi connectivity index (χ0v) is 15.4. The molecule has 1 aromatic heterocycles. The van der Waals surface area contributed by atoms with Crippen LogP contribution in [0, 0.1) is 0 Å². The molecule has 142 valence electrons.